The average molecular weight is 248 g/mol. The maximum atomic E-state index is 11.0. The van der Waals surface area contributed by atoms with E-state index < -0.39 is 0 Å². The van der Waals surface area contributed by atoms with E-state index in [0.717, 1.165) is 35.1 Å². The van der Waals surface area contributed by atoms with E-state index in [0.29, 0.717) is 0 Å². The molecule has 1 aliphatic rings. The van der Waals surface area contributed by atoms with Gasteiger partial charge in [-0.05, 0) is 42.5 Å². The summed E-state index contributed by atoms with van der Waals surface area (Å²) in [7, 11) is 0. The molecule has 0 saturated heterocycles. The monoisotopic (exact) mass is 248 g/mol. The number of hydrogen-bond donors (Lipinski definition) is 2. The number of rotatable bonds is 2. The summed E-state index contributed by atoms with van der Waals surface area (Å²) < 4.78 is 5.27. The number of carbonyl (C=O) groups excluding carboxylic acids is 1. The number of hydrogen-bond acceptors (Lipinski definition) is 4. The van der Waals surface area contributed by atoms with E-state index in [1.54, 1.807) is 0 Å². The second-order valence-electron chi connectivity index (χ2n) is 4.49. The summed E-state index contributed by atoms with van der Waals surface area (Å²) in [6.07, 6.45) is 1.45. The molecule has 96 valence electrons. The fraction of sp³-hybridized carbons (Fsp3) is 0.385. The zero-order valence-corrected chi connectivity index (χ0v) is 10.4. The van der Waals surface area contributed by atoms with Crippen LogP contribution >= 0.6 is 0 Å². The molecule has 0 amide bonds. The van der Waals surface area contributed by atoms with Crippen LogP contribution in [0.4, 0.5) is 0 Å². The van der Waals surface area contributed by atoms with Crippen LogP contribution in [-0.2, 0) is 16.0 Å². The Balaban J connectivity index is 2.39. The van der Waals surface area contributed by atoms with Gasteiger partial charge in [-0.25, -0.2) is 0 Å². The van der Waals surface area contributed by atoms with Crippen molar-refractivity contribution in [1.82, 2.24) is 0 Å². The zero-order valence-electron chi connectivity index (χ0n) is 10.4. The Kier molecular flexibility index (Phi) is 3.23. The van der Waals surface area contributed by atoms with Crippen molar-refractivity contribution in [2.75, 3.05) is 0 Å². The SMILES string of the molecule is CC(=O)OC1CCc2cc(C(N)=NO)c(C)cc21. The number of ether oxygens (including phenoxy) is 1. The third-order valence-electron chi connectivity index (χ3n) is 3.20. The third kappa shape index (κ3) is 2.16. The van der Waals surface area contributed by atoms with Crippen molar-refractivity contribution in [1.29, 1.82) is 0 Å². The zero-order chi connectivity index (χ0) is 13.3. The molecule has 0 heterocycles. The molecule has 1 aliphatic carbocycles. The van der Waals surface area contributed by atoms with Crippen molar-refractivity contribution in [2.24, 2.45) is 10.9 Å². The van der Waals surface area contributed by atoms with E-state index in [2.05, 4.69) is 5.16 Å². The van der Waals surface area contributed by atoms with E-state index in [4.69, 9.17) is 15.7 Å². The standard InChI is InChI=1S/C13H16N2O3/c1-7-5-11-9(6-10(7)13(14)15-17)3-4-12(11)18-8(2)16/h5-6,12,17H,3-4H2,1-2H3,(H2,14,15). The molecule has 0 radical (unpaired) electrons. The Bertz CT molecular complexity index is 523. The average Bonchev–Trinajstić information content (AvgIpc) is 2.69. The lowest BCUT2D eigenvalue weighted by atomic mass is 10.00. The first-order valence-corrected chi connectivity index (χ1v) is 5.81. The first-order valence-electron chi connectivity index (χ1n) is 5.81. The Morgan fingerprint density at radius 1 is 1.56 bits per heavy atom. The highest BCUT2D eigenvalue weighted by Gasteiger charge is 2.26. The molecule has 18 heavy (non-hydrogen) atoms. The minimum Gasteiger partial charge on any atom is -0.458 e. The molecule has 1 aromatic rings. The molecule has 3 N–H and O–H groups in total. The van der Waals surface area contributed by atoms with E-state index in [1.807, 2.05) is 19.1 Å². The van der Waals surface area contributed by atoms with Gasteiger partial charge < -0.3 is 15.7 Å². The summed E-state index contributed by atoms with van der Waals surface area (Å²) in [5.41, 5.74) is 9.36. The lowest BCUT2D eigenvalue weighted by Gasteiger charge is -2.13. The van der Waals surface area contributed by atoms with Gasteiger partial charge in [-0.1, -0.05) is 11.2 Å². The predicted octanol–water partition coefficient (Wildman–Crippen LogP) is 1.64. The van der Waals surface area contributed by atoms with Crippen LogP contribution in [0.3, 0.4) is 0 Å². The highest BCUT2D eigenvalue weighted by atomic mass is 16.5. The second-order valence-corrected chi connectivity index (χ2v) is 4.49. The van der Waals surface area contributed by atoms with E-state index in [9.17, 15) is 4.79 Å². The largest absolute Gasteiger partial charge is 0.458 e. The maximum Gasteiger partial charge on any atom is 0.303 e. The van der Waals surface area contributed by atoms with E-state index in [1.165, 1.54) is 6.92 Å². The maximum absolute atomic E-state index is 11.0. The van der Waals surface area contributed by atoms with Crippen molar-refractivity contribution in [3.63, 3.8) is 0 Å². The smallest absolute Gasteiger partial charge is 0.303 e. The molecule has 2 rings (SSSR count). The summed E-state index contributed by atoms with van der Waals surface area (Å²) in [4.78, 5) is 11.0. The molecular formula is C13H16N2O3. The molecule has 1 atom stereocenters. The van der Waals surface area contributed by atoms with Gasteiger partial charge in [-0.15, -0.1) is 0 Å². The Morgan fingerprint density at radius 3 is 2.89 bits per heavy atom. The Morgan fingerprint density at radius 2 is 2.28 bits per heavy atom. The summed E-state index contributed by atoms with van der Waals surface area (Å²) in [5.74, 6) is -0.169. The van der Waals surface area contributed by atoms with Gasteiger partial charge in [-0.2, -0.15) is 0 Å². The van der Waals surface area contributed by atoms with Gasteiger partial charge in [-0.3, -0.25) is 4.79 Å². The molecule has 0 bridgehead atoms. The van der Waals surface area contributed by atoms with Crippen LogP contribution in [0.25, 0.3) is 0 Å². The number of nitrogens with zero attached hydrogens (tertiary/aromatic N) is 1. The molecule has 1 aromatic carbocycles. The van der Waals surface area contributed by atoms with E-state index >= 15 is 0 Å². The number of carbonyl (C=O) groups is 1. The molecule has 0 spiro atoms. The summed E-state index contributed by atoms with van der Waals surface area (Å²) >= 11 is 0. The molecule has 5 heteroatoms. The van der Waals surface area contributed by atoms with Crippen molar-refractivity contribution >= 4 is 11.8 Å². The normalized spacial score (nSPS) is 18.6. The van der Waals surface area contributed by atoms with Gasteiger partial charge in [0, 0.05) is 12.5 Å². The number of aryl methyl sites for hydroxylation is 2. The van der Waals surface area contributed by atoms with Crippen LogP contribution in [0, 0.1) is 6.92 Å². The molecule has 5 nitrogen and oxygen atoms in total. The van der Waals surface area contributed by atoms with Crippen LogP contribution in [0.2, 0.25) is 0 Å². The van der Waals surface area contributed by atoms with Gasteiger partial charge in [0.15, 0.2) is 5.84 Å². The lowest BCUT2D eigenvalue weighted by Crippen LogP contribution is -2.15. The highest BCUT2D eigenvalue weighted by molar-refractivity contribution is 5.98. The molecule has 0 aromatic heterocycles. The molecule has 0 aliphatic heterocycles. The van der Waals surface area contributed by atoms with E-state index in [-0.39, 0.29) is 17.9 Å². The van der Waals surface area contributed by atoms with Gasteiger partial charge in [0.25, 0.3) is 0 Å². The first-order chi connectivity index (χ1) is 8.52. The molecular weight excluding hydrogens is 232 g/mol. The number of oxime groups is 1. The van der Waals surface area contributed by atoms with Crippen LogP contribution in [0.15, 0.2) is 17.3 Å². The van der Waals surface area contributed by atoms with Crippen molar-refractivity contribution in [2.45, 2.75) is 32.8 Å². The number of amidine groups is 1. The van der Waals surface area contributed by atoms with Gasteiger partial charge in [0.2, 0.25) is 0 Å². The summed E-state index contributed by atoms with van der Waals surface area (Å²) in [6, 6.07) is 3.85. The second kappa shape index (κ2) is 4.68. The number of nitrogens with two attached hydrogens (primary N) is 1. The molecule has 1 unspecified atom stereocenters. The van der Waals surface area contributed by atoms with Crippen LogP contribution < -0.4 is 5.73 Å². The molecule has 0 saturated carbocycles. The van der Waals surface area contributed by atoms with Gasteiger partial charge in [0.1, 0.15) is 6.10 Å². The van der Waals surface area contributed by atoms with Crippen LogP contribution in [0.5, 0.6) is 0 Å². The fourth-order valence-electron chi connectivity index (χ4n) is 2.39. The number of fused-ring (bicyclic) bond motifs is 1. The highest BCUT2D eigenvalue weighted by Crippen LogP contribution is 2.35. The van der Waals surface area contributed by atoms with Crippen LogP contribution in [-0.4, -0.2) is 17.0 Å². The Hall–Kier alpha value is -2.04. The third-order valence-corrected chi connectivity index (χ3v) is 3.20. The van der Waals surface area contributed by atoms with Crippen molar-refractivity contribution in [3.05, 3.63) is 34.4 Å². The topological polar surface area (TPSA) is 84.9 Å². The first kappa shape index (κ1) is 12.4. The lowest BCUT2D eigenvalue weighted by molar-refractivity contribution is -0.146. The summed E-state index contributed by atoms with van der Waals surface area (Å²) in [5, 5.41) is 11.7. The van der Waals surface area contributed by atoms with Crippen molar-refractivity contribution < 1.29 is 14.7 Å². The number of benzene rings is 1. The summed E-state index contributed by atoms with van der Waals surface area (Å²) in [6.45, 7) is 3.30. The quantitative estimate of drug-likeness (QED) is 0.274. The van der Waals surface area contributed by atoms with Crippen molar-refractivity contribution in [3.8, 4) is 0 Å². The minimum absolute atomic E-state index is 0.103. The fourth-order valence-corrected chi connectivity index (χ4v) is 2.39. The number of esters is 1. The predicted molar refractivity (Wildman–Crippen MR) is 66.5 cm³/mol. The van der Waals surface area contributed by atoms with Gasteiger partial charge in [0.05, 0.1) is 0 Å². The Labute approximate surface area is 105 Å². The van der Waals surface area contributed by atoms with Crippen LogP contribution in [0.1, 0.15) is 41.7 Å². The minimum atomic E-state index is -0.272. The molecule has 0 fully saturated rings. The van der Waals surface area contributed by atoms with Gasteiger partial charge >= 0.3 is 5.97 Å².